The number of halogens is 3. The van der Waals surface area contributed by atoms with Crippen molar-refractivity contribution in [2.75, 3.05) is 29.4 Å². The summed E-state index contributed by atoms with van der Waals surface area (Å²) >= 11 is 1.64. The molecule has 0 fully saturated rings. The SMILES string of the molecule is Cc1ccc(SCCCNC(=O)CN(c2cccc(C(F)(F)F)c2)S(C)(=O)=O)cc1. The summed E-state index contributed by atoms with van der Waals surface area (Å²) in [7, 11) is -3.95. The van der Waals surface area contributed by atoms with Crippen molar-refractivity contribution in [3.63, 3.8) is 0 Å². The molecule has 0 aliphatic heterocycles. The monoisotopic (exact) mass is 460 g/mol. The predicted octanol–water partition coefficient (Wildman–Crippen LogP) is 4.08. The molecule has 0 radical (unpaired) electrons. The molecule has 1 N–H and O–H groups in total. The Hall–Kier alpha value is -2.20. The molecule has 30 heavy (non-hydrogen) atoms. The molecule has 0 aliphatic carbocycles. The molecule has 0 bridgehead atoms. The maximum Gasteiger partial charge on any atom is 0.416 e. The number of carbonyl (C=O) groups excluding carboxylic acids is 1. The van der Waals surface area contributed by atoms with Crippen molar-refractivity contribution in [1.82, 2.24) is 5.32 Å². The molecule has 0 atom stereocenters. The second-order valence-corrected chi connectivity index (χ2v) is 9.76. The van der Waals surface area contributed by atoms with Crippen molar-refractivity contribution in [2.24, 2.45) is 0 Å². The van der Waals surface area contributed by atoms with Gasteiger partial charge >= 0.3 is 6.18 Å². The number of benzene rings is 2. The van der Waals surface area contributed by atoms with E-state index in [1.165, 1.54) is 11.6 Å². The van der Waals surface area contributed by atoms with Gasteiger partial charge in [0.05, 0.1) is 17.5 Å². The lowest BCUT2D eigenvalue weighted by molar-refractivity contribution is -0.137. The zero-order valence-corrected chi connectivity index (χ0v) is 18.2. The van der Waals surface area contributed by atoms with Gasteiger partial charge in [0.15, 0.2) is 0 Å². The van der Waals surface area contributed by atoms with E-state index in [4.69, 9.17) is 0 Å². The third kappa shape index (κ3) is 7.56. The van der Waals surface area contributed by atoms with Crippen LogP contribution in [0.2, 0.25) is 0 Å². The van der Waals surface area contributed by atoms with Crippen molar-refractivity contribution in [3.05, 3.63) is 59.7 Å². The van der Waals surface area contributed by atoms with Crippen LogP contribution in [0.4, 0.5) is 18.9 Å². The van der Waals surface area contributed by atoms with Crippen molar-refractivity contribution >= 4 is 33.4 Å². The van der Waals surface area contributed by atoms with Crippen molar-refractivity contribution in [1.29, 1.82) is 0 Å². The molecule has 1 amide bonds. The number of amides is 1. The fraction of sp³-hybridized carbons (Fsp3) is 0.350. The number of hydrogen-bond donors (Lipinski definition) is 1. The Labute approximate surface area is 178 Å². The van der Waals surface area contributed by atoms with Crippen molar-refractivity contribution < 1.29 is 26.4 Å². The minimum atomic E-state index is -4.61. The fourth-order valence-corrected chi connectivity index (χ4v) is 4.25. The van der Waals surface area contributed by atoms with Gasteiger partial charge in [-0.3, -0.25) is 9.10 Å². The van der Waals surface area contributed by atoms with Crippen molar-refractivity contribution in [3.8, 4) is 0 Å². The van der Waals surface area contributed by atoms with Crippen LogP contribution in [0.25, 0.3) is 0 Å². The van der Waals surface area contributed by atoms with Crippen molar-refractivity contribution in [2.45, 2.75) is 24.4 Å². The molecule has 0 aromatic heterocycles. The van der Waals surface area contributed by atoms with Gasteiger partial charge in [-0.15, -0.1) is 11.8 Å². The van der Waals surface area contributed by atoms with Gasteiger partial charge in [-0.2, -0.15) is 13.2 Å². The number of nitrogens with zero attached hydrogens (tertiary/aromatic N) is 1. The number of rotatable bonds is 9. The summed E-state index contributed by atoms with van der Waals surface area (Å²) in [6.07, 6.45) is -3.11. The predicted molar refractivity (Wildman–Crippen MR) is 113 cm³/mol. The first-order chi connectivity index (χ1) is 14.0. The van der Waals surface area contributed by atoms with Crippen LogP contribution in [0.15, 0.2) is 53.4 Å². The Kier molecular flexibility index (Phi) is 8.19. The van der Waals surface area contributed by atoms with Gasteiger partial charge in [-0.1, -0.05) is 23.8 Å². The Balaban J connectivity index is 1.91. The number of alkyl halides is 3. The van der Waals surface area contributed by atoms with E-state index in [0.29, 0.717) is 23.3 Å². The van der Waals surface area contributed by atoms with Crippen LogP contribution in [-0.4, -0.2) is 39.4 Å². The Bertz CT molecular complexity index is 962. The Morgan fingerprint density at radius 2 is 1.80 bits per heavy atom. The number of anilines is 1. The lowest BCUT2D eigenvalue weighted by Gasteiger charge is -2.22. The third-order valence-electron chi connectivity index (χ3n) is 4.08. The first-order valence-electron chi connectivity index (χ1n) is 9.08. The number of hydrogen-bond acceptors (Lipinski definition) is 4. The summed E-state index contributed by atoms with van der Waals surface area (Å²) in [6, 6.07) is 11.9. The molecule has 0 aliphatic rings. The normalized spacial score (nSPS) is 11.9. The first-order valence-corrected chi connectivity index (χ1v) is 11.9. The topological polar surface area (TPSA) is 66.5 Å². The quantitative estimate of drug-likeness (QED) is 0.452. The molecular formula is C20H23F3N2O3S2. The van der Waals surface area contributed by atoms with Gasteiger partial charge in [0, 0.05) is 11.4 Å². The van der Waals surface area contributed by atoms with Gasteiger partial charge in [-0.25, -0.2) is 8.42 Å². The highest BCUT2D eigenvalue weighted by Crippen LogP contribution is 2.32. The van der Waals surface area contributed by atoms with Crippen LogP contribution in [0.5, 0.6) is 0 Å². The number of thioether (sulfide) groups is 1. The van der Waals surface area contributed by atoms with E-state index in [-0.39, 0.29) is 5.69 Å². The van der Waals surface area contributed by atoms with Crippen LogP contribution >= 0.6 is 11.8 Å². The molecule has 164 valence electrons. The molecular weight excluding hydrogens is 437 g/mol. The van der Waals surface area contributed by atoms with Crippen LogP contribution in [0.1, 0.15) is 17.5 Å². The van der Waals surface area contributed by atoms with Gasteiger partial charge in [0.2, 0.25) is 15.9 Å². The summed E-state index contributed by atoms with van der Waals surface area (Å²) in [5.74, 6) is 0.172. The zero-order chi connectivity index (χ0) is 22.4. The Morgan fingerprint density at radius 1 is 1.13 bits per heavy atom. The number of nitrogens with one attached hydrogen (secondary N) is 1. The average molecular weight is 461 g/mol. The fourth-order valence-electron chi connectivity index (χ4n) is 2.55. The summed E-state index contributed by atoms with van der Waals surface area (Å²) in [5.41, 5.74) is -0.0256. The number of aryl methyl sites for hydroxylation is 1. The van der Waals surface area contributed by atoms with Crippen LogP contribution in [-0.2, 0) is 21.0 Å². The largest absolute Gasteiger partial charge is 0.416 e. The maximum atomic E-state index is 12.9. The van der Waals surface area contributed by atoms with E-state index >= 15 is 0 Å². The molecule has 0 saturated heterocycles. The molecule has 0 spiro atoms. The van der Waals surface area contributed by atoms with E-state index in [1.807, 2.05) is 31.2 Å². The zero-order valence-electron chi connectivity index (χ0n) is 16.6. The number of sulfonamides is 1. The van der Waals surface area contributed by atoms with E-state index in [0.717, 1.165) is 29.0 Å². The maximum absolute atomic E-state index is 12.9. The minimum Gasteiger partial charge on any atom is -0.354 e. The van der Waals surface area contributed by atoms with E-state index < -0.39 is 34.2 Å². The highest BCUT2D eigenvalue weighted by Gasteiger charge is 2.31. The van der Waals surface area contributed by atoms with E-state index in [2.05, 4.69) is 5.32 Å². The van der Waals surface area contributed by atoms with E-state index in [1.54, 1.807) is 11.8 Å². The molecule has 2 aromatic carbocycles. The molecule has 2 aromatic rings. The smallest absolute Gasteiger partial charge is 0.354 e. The highest BCUT2D eigenvalue weighted by atomic mass is 32.2. The van der Waals surface area contributed by atoms with Gasteiger partial charge < -0.3 is 5.32 Å². The van der Waals surface area contributed by atoms with Crippen LogP contribution < -0.4 is 9.62 Å². The molecule has 10 heteroatoms. The first kappa shape index (κ1) is 24.1. The second kappa shape index (κ2) is 10.2. The molecule has 2 rings (SSSR count). The Morgan fingerprint density at radius 3 is 2.40 bits per heavy atom. The average Bonchev–Trinajstić information content (AvgIpc) is 2.66. The minimum absolute atomic E-state index is 0.211. The molecule has 0 saturated carbocycles. The lowest BCUT2D eigenvalue weighted by Crippen LogP contribution is -2.40. The standard InChI is InChI=1S/C20H23F3N2O3S2/c1-15-7-9-18(10-8-15)29-12-4-11-24-19(26)14-25(30(2,27)28)17-6-3-5-16(13-17)20(21,22)23/h3,5-10,13H,4,11-12,14H2,1-2H3,(H,24,26). The van der Waals surface area contributed by atoms with Gasteiger partial charge in [0.1, 0.15) is 6.54 Å². The van der Waals surface area contributed by atoms with Gasteiger partial charge in [-0.05, 0) is 49.4 Å². The summed E-state index contributed by atoms with van der Waals surface area (Å²) in [4.78, 5) is 13.3. The highest BCUT2D eigenvalue weighted by molar-refractivity contribution is 7.99. The second-order valence-electron chi connectivity index (χ2n) is 6.68. The van der Waals surface area contributed by atoms with Crippen LogP contribution in [0.3, 0.4) is 0 Å². The summed E-state index contributed by atoms with van der Waals surface area (Å²) in [6.45, 7) is 1.74. The molecule has 5 nitrogen and oxygen atoms in total. The molecule has 0 unspecified atom stereocenters. The van der Waals surface area contributed by atoms with Crippen LogP contribution in [0, 0.1) is 6.92 Å². The van der Waals surface area contributed by atoms with Gasteiger partial charge in [0.25, 0.3) is 0 Å². The lowest BCUT2D eigenvalue weighted by atomic mass is 10.2. The van der Waals surface area contributed by atoms with E-state index in [9.17, 15) is 26.4 Å². The summed E-state index contributed by atoms with van der Waals surface area (Å²) < 4.78 is 63.5. The number of carbonyl (C=O) groups is 1. The third-order valence-corrected chi connectivity index (χ3v) is 6.32. The molecule has 0 heterocycles. The summed E-state index contributed by atoms with van der Waals surface area (Å²) in [5, 5.41) is 2.61.